The lowest BCUT2D eigenvalue weighted by Gasteiger charge is -2.43. The predicted octanol–water partition coefficient (Wildman–Crippen LogP) is 10.2. The highest BCUT2D eigenvalue weighted by Crippen LogP contribution is 2.58. The van der Waals surface area contributed by atoms with Crippen LogP contribution in [0.2, 0.25) is 8.57 Å². The van der Waals surface area contributed by atoms with Gasteiger partial charge in [-0.2, -0.15) is 0 Å². The average Bonchev–Trinajstić information content (AvgIpc) is 3.26. The molecule has 0 aliphatic heterocycles. The second kappa shape index (κ2) is 26.6. The number of rotatable bonds is 23. The highest BCUT2D eigenvalue weighted by molar-refractivity contribution is 9.26. The summed E-state index contributed by atoms with van der Waals surface area (Å²) in [5.41, 5.74) is 0. The molecule has 0 spiro atoms. The molecule has 362 valence electrons. The molecule has 6 aliphatic carbocycles. The van der Waals surface area contributed by atoms with Crippen LogP contribution in [0.15, 0.2) is 0 Å². The van der Waals surface area contributed by atoms with E-state index in [-0.39, 0.29) is 18.1 Å². The maximum atomic E-state index is 7.34. The lowest BCUT2D eigenvalue weighted by Crippen LogP contribution is -2.46. The summed E-state index contributed by atoms with van der Waals surface area (Å²) in [7, 11) is 3.83. The van der Waals surface area contributed by atoms with Crippen molar-refractivity contribution >= 4 is 99.8 Å². The summed E-state index contributed by atoms with van der Waals surface area (Å²) in [5.74, 6) is 2.84. The Labute approximate surface area is 411 Å². The molecular weight excluding hydrogens is 945 g/mol. The van der Waals surface area contributed by atoms with E-state index >= 15 is 0 Å². The fraction of sp³-hybridized carbons (Fsp3) is 1.00. The van der Waals surface area contributed by atoms with Gasteiger partial charge in [0.25, 0.3) is 0 Å². The smallest absolute Gasteiger partial charge is 0.166 e. The lowest BCUT2D eigenvalue weighted by molar-refractivity contribution is 0.0948. The van der Waals surface area contributed by atoms with Crippen LogP contribution in [-0.2, 0) is 26.6 Å². The molecule has 0 aromatic rings. The van der Waals surface area contributed by atoms with Crippen molar-refractivity contribution in [1.82, 2.24) is 0 Å². The minimum Gasteiger partial charge on any atom is -0.421 e. The van der Waals surface area contributed by atoms with Gasteiger partial charge in [0.2, 0.25) is 0 Å². The fourth-order valence-corrected chi connectivity index (χ4v) is 33.3. The summed E-state index contributed by atoms with van der Waals surface area (Å²) in [6, 6.07) is 0. The zero-order valence-corrected chi connectivity index (χ0v) is 52.8. The van der Waals surface area contributed by atoms with Crippen LogP contribution in [-0.4, -0.2) is 105 Å². The lowest BCUT2D eigenvalue weighted by atomic mass is 9.87. The van der Waals surface area contributed by atoms with Crippen molar-refractivity contribution in [2.75, 3.05) is 0 Å². The third-order valence-electron chi connectivity index (χ3n) is 16.6. The van der Waals surface area contributed by atoms with Gasteiger partial charge in [-0.25, -0.2) is 0 Å². The maximum Gasteiger partial charge on any atom is 0.166 e. The van der Waals surface area contributed by atoms with Crippen LogP contribution < -0.4 is 0 Å². The molecule has 6 aliphatic rings. The summed E-state index contributed by atoms with van der Waals surface area (Å²) >= 11 is 0. The summed E-state index contributed by atoms with van der Waals surface area (Å²) in [5, 5.41) is 0. The van der Waals surface area contributed by atoms with E-state index < -0.39 is 58.6 Å². The van der Waals surface area contributed by atoms with Crippen LogP contribution in [0.4, 0.5) is 0 Å². The van der Waals surface area contributed by atoms with Crippen LogP contribution >= 0.6 is 41.2 Å². The summed E-state index contributed by atoms with van der Waals surface area (Å²) in [4.78, 5) is 0. The van der Waals surface area contributed by atoms with Crippen LogP contribution in [0.1, 0.15) is 209 Å². The average molecular weight is 1040 g/mol. The molecule has 0 amide bonds. The number of hydrogen-bond acceptors (Lipinski definition) is 10. The van der Waals surface area contributed by atoms with E-state index in [4.69, 9.17) is 26.6 Å². The Morgan fingerprint density at radius 1 is 0.371 bits per heavy atom. The molecule has 6 rings (SSSR count). The molecule has 6 fully saturated rings. The molecule has 0 saturated heterocycles. The van der Waals surface area contributed by atoms with Crippen molar-refractivity contribution < 1.29 is 26.6 Å². The summed E-state index contributed by atoms with van der Waals surface area (Å²) < 4.78 is 43.6. The molecule has 0 aromatic carbocycles. The Morgan fingerprint density at radius 3 is 0.919 bits per heavy atom. The summed E-state index contributed by atoms with van der Waals surface area (Å²) in [6.45, 7) is 20.0. The third kappa shape index (κ3) is 16.5. The largest absolute Gasteiger partial charge is 0.421 e. The molecule has 12 atom stereocenters. The van der Waals surface area contributed by atoms with Gasteiger partial charge in [0, 0.05) is 42.5 Å². The normalized spacial score (nSPS) is 40.6. The van der Waals surface area contributed by atoms with Crippen molar-refractivity contribution in [3.63, 3.8) is 0 Å². The third-order valence-corrected chi connectivity index (χ3v) is 39.6. The Morgan fingerprint density at radius 2 is 0.629 bits per heavy atom. The molecule has 12 unspecified atom stereocenters. The molecule has 0 aromatic heterocycles. The van der Waals surface area contributed by atoms with E-state index in [1.807, 2.05) is 19.7 Å². The molecule has 16 heteroatoms. The molecule has 6 saturated carbocycles. The van der Waals surface area contributed by atoms with Gasteiger partial charge in [-0.15, -0.1) is 0 Å². The zero-order valence-electron chi connectivity index (χ0n) is 41.1. The van der Waals surface area contributed by atoms with Crippen LogP contribution in [0.5, 0.6) is 0 Å². The Hall–Kier alpha value is 2.46. The van der Waals surface area contributed by atoms with Crippen molar-refractivity contribution in [3.8, 4) is 0 Å². The molecule has 0 N–H and O–H groups in total. The first kappa shape index (κ1) is 53.8. The fourth-order valence-electron chi connectivity index (χ4n) is 11.6. The predicted molar refractivity (Wildman–Crippen MR) is 292 cm³/mol. The van der Waals surface area contributed by atoms with Gasteiger partial charge < -0.3 is 26.6 Å². The van der Waals surface area contributed by atoms with Gasteiger partial charge in [-0.1, -0.05) is 140 Å². The molecule has 6 nitrogen and oxygen atoms in total. The minimum atomic E-state index is -0.802. The van der Waals surface area contributed by atoms with Crippen molar-refractivity contribution in [2.24, 2.45) is 23.7 Å². The van der Waals surface area contributed by atoms with Crippen LogP contribution in [0.25, 0.3) is 0 Å². The van der Waals surface area contributed by atoms with Gasteiger partial charge in [0.15, 0.2) is 58.6 Å². The van der Waals surface area contributed by atoms with Crippen LogP contribution in [0, 0.1) is 23.7 Å². The zero-order chi connectivity index (χ0) is 44.1. The van der Waals surface area contributed by atoms with E-state index in [9.17, 15) is 0 Å². The second-order valence-electron chi connectivity index (χ2n) is 23.1. The second-order valence-corrected chi connectivity index (χ2v) is 49.8. The topological polar surface area (TPSA) is 55.4 Å². The maximum absolute atomic E-state index is 7.34. The van der Waals surface area contributed by atoms with E-state index in [1.54, 1.807) is 0 Å². The molecular formula is C46H94O6S4Si6. The molecule has 62 heavy (non-hydrogen) atoms. The molecule has 0 radical (unpaired) electrons. The Bertz CT molecular complexity index is 1160. The molecule has 0 heterocycles. The monoisotopic (exact) mass is 1040 g/mol. The summed E-state index contributed by atoms with van der Waals surface area (Å²) in [6.07, 6.45) is 34.1. The highest BCUT2D eigenvalue weighted by atomic mass is 33.7. The van der Waals surface area contributed by atoms with Crippen molar-refractivity contribution in [3.05, 3.63) is 0 Å². The van der Waals surface area contributed by atoms with Crippen LogP contribution in [0.3, 0.4) is 0 Å². The van der Waals surface area contributed by atoms with E-state index in [2.05, 4.69) is 77.0 Å². The van der Waals surface area contributed by atoms with Gasteiger partial charge in [0.05, 0.1) is 12.2 Å². The first-order valence-electron chi connectivity index (χ1n) is 26.2. The van der Waals surface area contributed by atoms with E-state index in [0.29, 0.717) is 60.3 Å². The van der Waals surface area contributed by atoms with Crippen molar-refractivity contribution in [1.29, 1.82) is 0 Å². The molecule has 0 bridgehead atoms. The Balaban J connectivity index is 1.02. The minimum absolute atomic E-state index is 0.157. The van der Waals surface area contributed by atoms with Gasteiger partial charge >= 0.3 is 0 Å². The van der Waals surface area contributed by atoms with Gasteiger partial charge in [-0.05, 0) is 134 Å². The first-order chi connectivity index (χ1) is 29.8. The van der Waals surface area contributed by atoms with Crippen molar-refractivity contribution in [2.45, 2.75) is 264 Å². The van der Waals surface area contributed by atoms with E-state index in [1.165, 1.54) is 154 Å². The first-order valence-corrected chi connectivity index (χ1v) is 38.7. The standard InChI is InChI=1S/C46H94O6S4Si6/c1-33-21-9-13-25-37(33)47-57-45(7,58-48-38-26-14-10-22-34(38)2)61-51-41-29-17-19-31-43(41,5)53-55-56-54-44(6)32-20-18-30-42(44)52-62-46(8,59-49-39-27-15-11-23-35(39)3)60-50-40-28-16-12-24-36(40)4/h33-42H,9-32,57-62H2,1-8H3. The quantitative estimate of drug-likeness (QED) is 0.0562. The van der Waals surface area contributed by atoms with Gasteiger partial charge in [0.1, 0.15) is 0 Å². The highest BCUT2D eigenvalue weighted by Gasteiger charge is 2.44. The van der Waals surface area contributed by atoms with Gasteiger partial charge in [-0.3, -0.25) is 0 Å². The SMILES string of the molecule is CC1CCCCC1O[SiH2]C(C)([SiH2]OC1CCCCC1C)[SiH2]OC1CCCCC1(C)SSSSC1(C)CCCCC1O[SiH2]C(C)([SiH2]OC1CCCCC1C)[SiH2]OC1CCCCC1C. The Kier molecular flexibility index (Phi) is 23.1. The van der Waals surface area contributed by atoms with E-state index in [0.717, 1.165) is 0 Å². The number of hydrogen-bond donors (Lipinski definition) is 0.